The fourth-order valence-electron chi connectivity index (χ4n) is 2.16. The van der Waals surface area contributed by atoms with E-state index in [0.717, 1.165) is 24.1 Å². The lowest BCUT2D eigenvalue weighted by Crippen LogP contribution is -2.27. The molecular weight excluding hydrogens is 276 g/mol. The van der Waals surface area contributed by atoms with Crippen LogP contribution < -0.4 is 0 Å². The van der Waals surface area contributed by atoms with Crippen molar-refractivity contribution in [3.8, 4) is 0 Å². The van der Waals surface area contributed by atoms with Crippen molar-refractivity contribution < 1.29 is 13.3 Å². The first kappa shape index (κ1) is 15.0. The molecule has 0 N–H and O–H groups in total. The lowest BCUT2D eigenvalue weighted by molar-refractivity contribution is 0.159. The zero-order valence-corrected chi connectivity index (χ0v) is 12.7. The third-order valence-electron chi connectivity index (χ3n) is 3.31. The topological polar surface area (TPSA) is 59.0 Å². The minimum absolute atomic E-state index is 0.340. The summed E-state index contributed by atoms with van der Waals surface area (Å²) >= 11 is 0. The van der Waals surface area contributed by atoms with Crippen molar-refractivity contribution in [2.75, 3.05) is 19.7 Å². The molecule has 1 heterocycles. The normalized spacial score (nSPS) is 17.4. The molecule has 20 heavy (non-hydrogen) atoms. The van der Waals surface area contributed by atoms with E-state index < -0.39 is 10.0 Å². The lowest BCUT2D eigenvalue weighted by Gasteiger charge is -2.15. The van der Waals surface area contributed by atoms with Crippen LogP contribution in [0.5, 0.6) is 0 Å². The fourth-order valence-corrected chi connectivity index (χ4v) is 3.68. The first-order valence-electron chi connectivity index (χ1n) is 6.83. The first-order valence-corrected chi connectivity index (χ1v) is 8.27. The summed E-state index contributed by atoms with van der Waals surface area (Å²) in [6.07, 6.45) is 1.88. The predicted molar refractivity (Wildman–Crippen MR) is 78.3 cm³/mol. The Kier molecular flexibility index (Phi) is 4.77. The molecule has 2 rings (SSSR count). The zero-order valence-electron chi connectivity index (χ0n) is 11.9. The molecule has 0 atom stereocenters. The van der Waals surface area contributed by atoms with E-state index in [0.29, 0.717) is 24.6 Å². The van der Waals surface area contributed by atoms with E-state index in [9.17, 15) is 8.42 Å². The maximum atomic E-state index is 12.4. The van der Waals surface area contributed by atoms with E-state index >= 15 is 0 Å². The first-order chi connectivity index (χ1) is 9.55. The Morgan fingerprint density at radius 1 is 1.25 bits per heavy atom. The van der Waals surface area contributed by atoms with Crippen LogP contribution in [0.2, 0.25) is 0 Å². The Balaban J connectivity index is 2.19. The van der Waals surface area contributed by atoms with Gasteiger partial charge in [-0.3, -0.25) is 0 Å². The van der Waals surface area contributed by atoms with Crippen LogP contribution in [0.4, 0.5) is 0 Å². The van der Waals surface area contributed by atoms with Gasteiger partial charge in [0.15, 0.2) is 0 Å². The number of hydrogen-bond donors (Lipinski definition) is 0. The Morgan fingerprint density at radius 2 is 1.85 bits per heavy atom. The van der Waals surface area contributed by atoms with Gasteiger partial charge in [-0.05, 0) is 44.4 Å². The molecular formula is C14H20N2O3S. The molecule has 0 amide bonds. The average Bonchev–Trinajstić information content (AvgIpc) is 3.00. The van der Waals surface area contributed by atoms with Crippen LogP contribution in [-0.4, -0.2) is 38.1 Å². The smallest absolute Gasteiger partial charge is 0.243 e. The standard InChI is InChI=1S/C14H20N2O3S/c1-3-19-15-12(2)13-6-8-14(9-7-13)20(17,18)16-10-4-5-11-16/h6-9H,3-5,10-11H2,1-2H3/b15-12+. The molecule has 6 heteroatoms. The SMILES string of the molecule is CCO/N=C(\C)c1ccc(S(=O)(=O)N2CCCC2)cc1. The minimum atomic E-state index is -3.34. The van der Waals surface area contributed by atoms with Crippen LogP contribution in [0.15, 0.2) is 34.3 Å². The van der Waals surface area contributed by atoms with Gasteiger partial charge in [0.2, 0.25) is 10.0 Å². The number of benzene rings is 1. The van der Waals surface area contributed by atoms with Crippen LogP contribution >= 0.6 is 0 Å². The summed E-state index contributed by atoms with van der Waals surface area (Å²) in [5.41, 5.74) is 1.59. The van der Waals surface area contributed by atoms with Crippen LogP contribution in [-0.2, 0) is 14.9 Å². The molecule has 5 nitrogen and oxygen atoms in total. The third kappa shape index (κ3) is 3.19. The zero-order chi connectivity index (χ0) is 14.6. The Labute approximate surface area is 120 Å². The monoisotopic (exact) mass is 296 g/mol. The van der Waals surface area contributed by atoms with E-state index in [1.54, 1.807) is 28.6 Å². The van der Waals surface area contributed by atoms with E-state index in [1.807, 2.05) is 13.8 Å². The lowest BCUT2D eigenvalue weighted by atomic mass is 10.1. The largest absolute Gasteiger partial charge is 0.396 e. The maximum absolute atomic E-state index is 12.4. The molecule has 1 aliphatic heterocycles. The van der Waals surface area contributed by atoms with Crippen molar-refractivity contribution in [1.29, 1.82) is 0 Å². The summed E-state index contributed by atoms with van der Waals surface area (Å²) < 4.78 is 26.3. The molecule has 1 fully saturated rings. The van der Waals surface area contributed by atoms with Crippen LogP contribution in [0.3, 0.4) is 0 Å². The van der Waals surface area contributed by atoms with Crippen molar-refractivity contribution >= 4 is 15.7 Å². The maximum Gasteiger partial charge on any atom is 0.243 e. The summed E-state index contributed by atoms with van der Waals surface area (Å²) in [4.78, 5) is 5.33. The highest BCUT2D eigenvalue weighted by atomic mass is 32.2. The van der Waals surface area contributed by atoms with Gasteiger partial charge in [-0.2, -0.15) is 4.31 Å². The molecule has 1 aromatic carbocycles. The number of oxime groups is 1. The molecule has 0 radical (unpaired) electrons. The van der Waals surface area contributed by atoms with E-state index in [1.165, 1.54) is 0 Å². The van der Waals surface area contributed by atoms with E-state index in [-0.39, 0.29) is 0 Å². The minimum Gasteiger partial charge on any atom is -0.396 e. The van der Waals surface area contributed by atoms with Gasteiger partial charge in [0, 0.05) is 13.1 Å². The molecule has 0 bridgehead atoms. The quantitative estimate of drug-likeness (QED) is 0.618. The molecule has 1 aromatic rings. The van der Waals surface area contributed by atoms with Gasteiger partial charge in [0.25, 0.3) is 0 Å². The van der Waals surface area contributed by atoms with Crippen LogP contribution in [0.1, 0.15) is 32.3 Å². The van der Waals surface area contributed by atoms with Crippen molar-refractivity contribution in [1.82, 2.24) is 4.31 Å². The molecule has 1 saturated heterocycles. The van der Waals surface area contributed by atoms with E-state index in [4.69, 9.17) is 4.84 Å². The Hall–Kier alpha value is -1.40. The Bertz CT molecular complexity index is 573. The highest BCUT2D eigenvalue weighted by molar-refractivity contribution is 7.89. The number of rotatable bonds is 5. The molecule has 0 unspecified atom stereocenters. The van der Waals surface area contributed by atoms with Gasteiger partial charge in [-0.25, -0.2) is 8.42 Å². The van der Waals surface area contributed by atoms with Gasteiger partial charge in [-0.15, -0.1) is 0 Å². The summed E-state index contributed by atoms with van der Waals surface area (Å²) in [6.45, 7) is 5.45. The van der Waals surface area contributed by atoms with Crippen LogP contribution in [0.25, 0.3) is 0 Å². The Morgan fingerprint density at radius 3 is 2.40 bits per heavy atom. The third-order valence-corrected chi connectivity index (χ3v) is 5.22. The predicted octanol–water partition coefficient (Wildman–Crippen LogP) is 2.23. The number of hydrogen-bond acceptors (Lipinski definition) is 4. The van der Waals surface area contributed by atoms with E-state index in [2.05, 4.69) is 5.16 Å². The van der Waals surface area contributed by atoms with Crippen LogP contribution in [0, 0.1) is 0 Å². The second kappa shape index (κ2) is 6.37. The number of sulfonamides is 1. The van der Waals surface area contributed by atoms with Gasteiger partial charge >= 0.3 is 0 Å². The highest BCUT2D eigenvalue weighted by Crippen LogP contribution is 2.21. The summed E-state index contributed by atoms with van der Waals surface area (Å²) in [5.74, 6) is 0. The molecule has 0 saturated carbocycles. The summed E-state index contributed by atoms with van der Waals surface area (Å²) in [7, 11) is -3.34. The van der Waals surface area contributed by atoms with Crippen molar-refractivity contribution in [2.45, 2.75) is 31.6 Å². The van der Waals surface area contributed by atoms with Gasteiger partial charge in [-0.1, -0.05) is 17.3 Å². The fraction of sp³-hybridized carbons (Fsp3) is 0.500. The van der Waals surface area contributed by atoms with Crippen molar-refractivity contribution in [2.24, 2.45) is 5.16 Å². The molecule has 1 aliphatic rings. The van der Waals surface area contributed by atoms with Gasteiger partial charge < -0.3 is 4.84 Å². The second-order valence-corrected chi connectivity index (χ2v) is 6.67. The highest BCUT2D eigenvalue weighted by Gasteiger charge is 2.26. The van der Waals surface area contributed by atoms with Crippen molar-refractivity contribution in [3.63, 3.8) is 0 Å². The van der Waals surface area contributed by atoms with Gasteiger partial charge in [0.1, 0.15) is 6.61 Å². The molecule has 0 aliphatic carbocycles. The summed E-state index contributed by atoms with van der Waals surface area (Å²) in [6, 6.07) is 6.80. The summed E-state index contributed by atoms with van der Waals surface area (Å²) in [5, 5.41) is 3.94. The average molecular weight is 296 g/mol. The molecule has 110 valence electrons. The number of nitrogens with zero attached hydrogens (tertiary/aromatic N) is 2. The second-order valence-electron chi connectivity index (χ2n) is 4.73. The van der Waals surface area contributed by atoms with Crippen molar-refractivity contribution in [3.05, 3.63) is 29.8 Å². The van der Waals surface area contributed by atoms with Gasteiger partial charge in [0.05, 0.1) is 10.6 Å². The molecule has 0 spiro atoms. The molecule has 0 aromatic heterocycles.